The predicted octanol–water partition coefficient (Wildman–Crippen LogP) is 2.63. The van der Waals surface area contributed by atoms with Gasteiger partial charge in [0, 0.05) is 17.6 Å². The van der Waals surface area contributed by atoms with E-state index in [4.69, 9.17) is 16.9 Å². The molecule has 0 aliphatic carbocycles. The lowest BCUT2D eigenvalue weighted by Crippen LogP contribution is -2.34. The summed E-state index contributed by atoms with van der Waals surface area (Å²) in [5.41, 5.74) is 1.39. The normalized spacial score (nSPS) is 11.7. The fourth-order valence-corrected chi connectivity index (χ4v) is 1.55. The quantitative estimate of drug-likeness (QED) is 0.792. The molecule has 0 N–H and O–H groups in total. The zero-order chi connectivity index (χ0) is 12.3. The first-order valence-electron chi connectivity index (χ1n) is 4.90. The van der Waals surface area contributed by atoms with Gasteiger partial charge in [-0.25, -0.2) is 0 Å². The molecule has 0 radical (unpaired) electrons. The number of benzene rings is 1. The molecule has 1 aromatic carbocycles. The Balaban J connectivity index is 3.02. The maximum absolute atomic E-state index is 12.0. The highest BCUT2D eigenvalue weighted by Gasteiger charge is 2.18. The Hall–Kier alpha value is -1.53. The molecule has 0 aromatic heterocycles. The Kier molecular flexibility index (Phi) is 3.92. The Bertz CT molecular complexity index is 451. The minimum absolute atomic E-state index is 0.164. The van der Waals surface area contributed by atoms with Gasteiger partial charge >= 0.3 is 0 Å². The number of hydrogen-bond donors (Lipinski definition) is 0. The van der Waals surface area contributed by atoms with Crippen molar-refractivity contribution < 1.29 is 4.79 Å². The van der Waals surface area contributed by atoms with E-state index in [1.165, 1.54) is 4.90 Å². The molecule has 4 heteroatoms. The van der Waals surface area contributed by atoms with Crippen molar-refractivity contribution in [3.05, 3.63) is 34.3 Å². The summed E-state index contributed by atoms with van der Waals surface area (Å²) in [5.74, 6) is -0.164. The summed E-state index contributed by atoms with van der Waals surface area (Å²) < 4.78 is 0. The second kappa shape index (κ2) is 5.00. The van der Waals surface area contributed by atoms with Gasteiger partial charge in [0.25, 0.3) is 5.91 Å². The van der Waals surface area contributed by atoms with Crippen molar-refractivity contribution in [3.8, 4) is 6.07 Å². The molecule has 0 aliphatic rings. The van der Waals surface area contributed by atoms with E-state index in [0.29, 0.717) is 10.6 Å². The van der Waals surface area contributed by atoms with Crippen molar-refractivity contribution in [1.82, 2.24) is 4.90 Å². The zero-order valence-electron chi connectivity index (χ0n) is 9.49. The first kappa shape index (κ1) is 12.5. The van der Waals surface area contributed by atoms with Gasteiger partial charge in [0.15, 0.2) is 0 Å². The summed E-state index contributed by atoms with van der Waals surface area (Å²) in [5, 5.41) is 9.35. The van der Waals surface area contributed by atoms with Crippen LogP contribution in [0.2, 0.25) is 5.02 Å². The Morgan fingerprint density at radius 3 is 2.69 bits per heavy atom. The molecule has 1 atom stereocenters. The lowest BCUT2D eigenvalue weighted by molar-refractivity contribution is 0.0772. The SMILES string of the molecule is Cc1cc(Cl)ccc1C(=O)N(C)C(C)C#N. The molecule has 84 valence electrons. The molecule has 3 nitrogen and oxygen atoms in total. The van der Waals surface area contributed by atoms with Gasteiger partial charge in [-0.1, -0.05) is 11.6 Å². The third-order valence-electron chi connectivity index (χ3n) is 2.51. The molecule has 0 bridgehead atoms. The van der Waals surface area contributed by atoms with Gasteiger partial charge in [-0.3, -0.25) is 4.79 Å². The predicted molar refractivity (Wildman–Crippen MR) is 63.4 cm³/mol. The van der Waals surface area contributed by atoms with Crippen LogP contribution >= 0.6 is 11.6 Å². The molecule has 1 rings (SSSR count). The van der Waals surface area contributed by atoms with Crippen LogP contribution in [0.15, 0.2) is 18.2 Å². The maximum Gasteiger partial charge on any atom is 0.254 e. The van der Waals surface area contributed by atoms with E-state index in [1.807, 2.05) is 13.0 Å². The van der Waals surface area contributed by atoms with Gasteiger partial charge in [-0.05, 0) is 37.6 Å². The summed E-state index contributed by atoms with van der Waals surface area (Å²) in [4.78, 5) is 13.4. The van der Waals surface area contributed by atoms with Crippen molar-refractivity contribution in [1.29, 1.82) is 5.26 Å². The zero-order valence-corrected chi connectivity index (χ0v) is 10.2. The fraction of sp³-hybridized carbons (Fsp3) is 0.333. The average Bonchev–Trinajstić information content (AvgIpc) is 2.26. The Morgan fingerprint density at radius 2 is 2.19 bits per heavy atom. The number of nitrogens with zero attached hydrogens (tertiary/aromatic N) is 2. The van der Waals surface area contributed by atoms with E-state index >= 15 is 0 Å². The Morgan fingerprint density at radius 1 is 1.56 bits per heavy atom. The van der Waals surface area contributed by atoms with Crippen molar-refractivity contribution >= 4 is 17.5 Å². The van der Waals surface area contributed by atoms with Crippen molar-refractivity contribution in [2.24, 2.45) is 0 Å². The van der Waals surface area contributed by atoms with Crippen molar-refractivity contribution in [2.45, 2.75) is 19.9 Å². The maximum atomic E-state index is 12.0. The molecule has 1 amide bonds. The number of halogens is 1. The van der Waals surface area contributed by atoms with Gasteiger partial charge in [0.05, 0.1) is 6.07 Å². The Labute approximate surface area is 100 Å². The van der Waals surface area contributed by atoms with Gasteiger partial charge in [0.2, 0.25) is 0 Å². The number of rotatable bonds is 2. The average molecular weight is 237 g/mol. The van der Waals surface area contributed by atoms with Crippen LogP contribution < -0.4 is 0 Å². The van der Waals surface area contributed by atoms with Crippen LogP contribution in [0, 0.1) is 18.3 Å². The summed E-state index contributed by atoms with van der Waals surface area (Å²) in [7, 11) is 1.62. The van der Waals surface area contributed by atoms with E-state index in [9.17, 15) is 4.79 Å². The minimum atomic E-state index is -0.442. The molecule has 1 unspecified atom stereocenters. The monoisotopic (exact) mass is 236 g/mol. The van der Waals surface area contributed by atoms with E-state index in [0.717, 1.165) is 5.56 Å². The largest absolute Gasteiger partial charge is 0.326 e. The summed E-state index contributed by atoms with van der Waals surface area (Å²) >= 11 is 5.81. The molecule has 1 aromatic rings. The first-order valence-corrected chi connectivity index (χ1v) is 5.28. The molecular weight excluding hydrogens is 224 g/mol. The van der Waals surface area contributed by atoms with E-state index < -0.39 is 6.04 Å². The van der Waals surface area contributed by atoms with Crippen molar-refractivity contribution in [2.75, 3.05) is 7.05 Å². The highest BCUT2D eigenvalue weighted by molar-refractivity contribution is 6.30. The van der Waals surface area contributed by atoms with Crippen LogP contribution in [0.1, 0.15) is 22.8 Å². The van der Waals surface area contributed by atoms with Crippen LogP contribution in [0.4, 0.5) is 0 Å². The summed E-state index contributed by atoms with van der Waals surface area (Å²) in [6.07, 6.45) is 0. The molecule has 0 fully saturated rings. The van der Waals surface area contributed by atoms with Crippen molar-refractivity contribution in [3.63, 3.8) is 0 Å². The van der Waals surface area contributed by atoms with Crippen LogP contribution in [0.5, 0.6) is 0 Å². The van der Waals surface area contributed by atoms with E-state index in [-0.39, 0.29) is 5.91 Å². The molecule has 0 saturated heterocycles. The number of carbonyl (C=O) groups excluding carboxylic acids is 1. The second-order valence-electron chi connectivity index (χ2n) is 3.68. The topological polar surface area (TPSA) is 44.1 Å². The molecule has 0 aliphatic heterocycles. The number of amides is 1. The molecule has 0 saturated carbocycles. The molecule has 16 heavy (non-hydrogen) atoms. The first-order chi connectivity index (χ1) is 7.47. The van der Waals surface area contributed by atoms with Crippen LogP contribution in [0.25, 0.3) is 0 Å². The summed E-state index contributed by atoms with van der Waals surface area (Å²) in [6.45, 7) is 3.51. The van der Waals surface area contributed by atoms with E-state index in [1.54, 1.807) is 32.2 Å². The second-order valence-corrected chi connectivity index (χ2v) is 4.12. The van der Waals surface area contributed by atoms with Gasteiger partial charge in [-0.15, -0.1) is 0 Å². The van der Waals surface area contributed by atoms with Gasteiger partial charge < -0.3 is 4.90 Å². The number of hydrogen-bond acceptors (Lipinski definition) is 2. The lowest BCUT2D eigenvalue weighted by Gasteiger charge is -2.20. The molecule has 0 spiro atoms. The molecule has 0 heterocycles. The number of aryl methyl sites for hydroxylation is 1. The number of nitriles is 1. The van der Waals surface area contributed by atoms with Gasteiger partial charge in [0.1, 0.15) is 6.04 Å². The van der Waals surface area contributed by atoms with E-state index in [2.05, 4.69) is 0 Å². The molecular formula is C12H13ClN2O. The minimum Gasteiger partial charge on any atom is -0.326 e. The highest BCUT2D eigenvalue weighted by atomic mass is 35.5. The smallest absolute Gasteiger partial charge is 0.254 e. The van der Waals surface area contributed by atoms with Crippen LogP contribution in [-0.2, 0) is 0 Å². The highest BCUT2D eigenvalue weighted by Crippen LogP contribution is 2.17. The van der Waals surface area contributed by atoms with Gasteiger partial charge in [-0.2, -0.15) is 5.26 Å². The van der Waals surface area contributed by atoms with Crippen LogP contribution in [-0.4, -0.2) is 23.9 Å². The fourth-order valence-electron chi connectivity index (χ4n) is 1.32. The number of carbonyl (C=O) groups is 1. The third-order valence-corrected chi connectivity index (χ3v) is 2.74. The summed E-state index contributed by atoms with van der Waals surface area (Å²) in [6, 6.07) is 6.67. The lowest BCUT2D eigenvalue weighted by atomic mass is 10.1. The van der Waals surface area contributed by atoms with Crippen LogP contribution in [0.3, 0.4) is 0 Å². The third kappa shape index (κ3) is 2.53. The standard InChI is InChI=1S/C12H13ClN2O/c1-8-6-10(13)4-5-11(8)12(16)15(3)9(2)7-14/h4-6,9H,1-3H3.